The van der Waals surface area contributed by atoms with Gasteiger partial charge in [-0.25, -0.2) is 0 Å². The summed E-state index contributed by atoms with van der Waals surface area (Å²) >= 11 is 6.55. The van der Waals surface area contributed by atoms with Crippen molar-refractivity contribution >= 4 is 51.9 Å². The van der Waals surface area contributed by atoms with Crippen molar-refractivity contribution in [2.45, 2.75) is 46.5 Å². The number of nitrogens with zero attached hydrogens (tertiary/aromatic N) is 3. The van der Waals surface area contributed by atoms with E-state index in [1.165, 1.54) is 15.4 Å². The van der Waals surface area contributed by atoms with Crippen molar-refractivity contribution in [2.24, 2.45) is 0 Å². The van der Waals surface area contributed by atoms with Crippen LogP contribution in [0.2, 0.25) is 0 Å². The molecular formula is C27H27N3O5S2. The number of aliphatic carboxylic acids is 1. The molecule has 10 heteroatoms. The molecule has 0 aliphatic carbocycles. The highest BCUT2D eigenvalue weighted by Crippen LogP contribution is 2.34. The average molecular weight is 538 g/mol. The normalized spacial score (nSPS) is 14.7. The van der Waals surface area contributed by atoms with Crippen LogP contribution in [0.25, 0.3) is 11.7 Å². The monoisotopic (exact) mass is 537 g/mol. The van der Waals surface area contributed by atoms with E-state index in [2.05, 4.69) is 4.98 Å². The van der Waals surface area contributed by atoms with Gasteiger partial charge in [-0.3, -0.25) is 23.7 Å². The number of benzene rings is 1. The van der Waals surface area contributed by atoms with Crippen LogP contribution < -0.4 is 10.3 Å². The van der Waals surface area contributed by atoms with Crippen LogP contribution in [-0.4, -0.2) is 42.1 Å². The highest BCUT2D eigenvalue weighted by molar-refractivity contribution is 8.26. The second-order valence-electron chi connectivity index (χ2n) is 8.98. The van der Waals surface area contributed by atoms with Gasteiger partial charge >= 0.3 is 5.97 Å². The number of ether oxygens (including phenoxy) is 1. The van der Waals surface area contributed by atoms with Crippen molar-refractivity contribution in [2.75, 3.05) is 6.54 Å². The number of pyridine rings is 1. The lowest BCUT2D eigenvalue weighted by molar-refractivity contribution is -0.137. The van der Waals surface area contributed by atoms with Crippen LogP contribution in [-0.2, 0) is 9.59 Å². The number of thioether (sulfide) groups is 1. The van der Waals surface area contributed by atoms with Gasteiger partial charge in [0.05, 0.1) is 4.91 Å². The minimum Gasteiger partial charge on any atom is -0.481 e. The molecule has 0 spiro atoms. The third kappa shape index (κ3) is 6.08. The number of aromatic nitrogens is 2. The van der Waals surface area contributed by atoms with Gasteiger partial charge in [0, 0.05) is 19.2 Å². The summed E-state index contributed by atoms with van der Waals surface area (Å²) in [5, 5.41) is 8.79. The fourth-order valence-electron chi connectivity index (χ4n) is 4.14. The summed E-state index contributed by atoms with van der Waals surface area (Å²) in [7, 11) is 0. The molecule has 0 radical (unpaired) electrons. The quantitative estimate of drug-likeness (QED) is 0.224. The van der Waals surface area contributed by atoms with Crippen molar-refractivity contribution < 1.29 is 19.4 Å². The zero-order valence-electron chi connectivity index (χ0n) is 20.8. The molecule has 0 saturated carbocycles. The number of carboxylic acids is 1. The molecular weight excluding hydrogens is 510 g/mol. The summed E-state index contributed by atoms with van der Waals surface area (Å²) in [5.41, 5.74) is 3.10. The Kier molecular flexibility index (Phi) is 8.09. The molecule has 1 aliphatic rings. The highest BCUT2D eigenvalue weighted by atomic mass is 32.2. The molecule has 8 nitrogen and oxygen atoms in total. The van der Waals surface area contributed by atoms with E-state index in [9.17, 15) is 14.4 Å². The second-order valence-corrected chi connectivity index (χ2v) is 10.7. The zero-order chi connectivity index (χ0) is 26.7. The number of hydrogen-bond acceptors (Lipinski definition) is 7. The van der Waals surface area contributed by atoms with E-state index in [0.29, 0.717) is 46.4 Å². The van der Waals surface area contributed by atoms with Crippen molar-refractivity contribution in [1.82, 2.24) is 14.3 Å². The molecule has 3 heterocycles. The topological polar surface area (TPSA) is 101 Å². The van der Waals surface area contributed by atoms with Crippen LogP contribution in [0.5, 0.6) is 11.6 Å². The molecule has 1 aliphatic heterocycles. The van der Waals surface area contributed by atoms with Crippen molar-refractivity contribution in [1.29, 1.82) is 0 Å². The minimum absolute atomic E-state index is 0.0971. The fourth-order valence-corrected chi connectivity index (χ4v) is 5.43. The number of fused-ring (bicyclic) bond motifs is 1. The summed E-state index contributed by atoms with van der Waals surface area (Å²) in [5.74, 6) is -0.466. The van der Waals surface area contributed by atoms with Gasteiger partial charge in [0.15, 0.2) is 0 Å². The lowest BCUT2D eigenvalue weighted by Crippen LogP contribution is -2.29. The molecule has 1 saturated heterocycles. The first-order valence-corrected chi connectivity index (χ1v) is 13.1. The average Bonchev–Trinajstić information content (AvgIpc) is 3.08. The molecule has 192 valence electrons. The molecule has 0 unspecified atom stereocenters. The van der Waals surface area contributed by atoms with E-state index >= 15 is 0 Å². The molecule has 2 aromatic heterocycles. The maximum absolute atomic E-state index is 13.6. The Bertz CT molecular complexity index is 1480. The van der Waals surface area contributed by atoms with Gasteiger partial charge in [0.25, 0.3) is 11.5 Å². The van der Waals surface area contributed by atoms with E-state index in [1.54, 1.807) is 12.3 Å². The maximum atomic E-state index is 13.6. The fraction of sp³-hybridized carbons (Fsp3) is 0.296. The van der Waals surface area contributed by atoms with E-state index < -0.39 is 5.97 Å². The lowest BCUT2D eigenvalue weighted by atomic mass is 10.1. The number of thiocarbonyl (C=S) groups is 1. The molecule has 4 rings (SSSR count). The third-order valence-corrected chi connectivity index (χ3v) is 7.26. The number of carboxylic acid groups (broad SMARTS) is 1. The molecule has 37 heavy (non-hydrogen) atoms. The summed E-state index contributed by atoms with van der Waals surface area (Å²) in [4.78, 5) is 43.9. The Morgan fingerprint density at radius 1 is 1.14 bits per heavy atom. The molecule has 1 N–H and O–H groups in total. The first-order chi connectivity index (χ1) is 17.6. The smallest absolute Gasteiger partial charge is 0.303 e. The van der Waals surface area contributed by atoms with Gasteiger partial charge in [0.2, 0.25) is 5.88 Å². The van der Waals surface area contributed by atoms with Crippen LogP contribution in [0.1, 0.15) is 47.9 Å². The Hall–Kier alpha value is -3.50. The predicted octanol–water partition coefficient (Wildman–Crippen LogP) is 5.26. The lowest BCUT2D eigenvalue weighted by Gasteiger charge is -2.14. The maximum Gasteiger partial charge on any atom is 0.303 e. The van der Waals surface area contributed by atoms with Gasteiger partial charge < -0.3 is 9.84 Å². The Balaban J connectivity index is 1.69. The summed E-state index contributed by atoms with van der Waals surface area (Å²) in [6.45, 7) is 6.17. The number of amides is 1. The summed E-state index contributed by atoms with van der Waals surface area (Å²) in [6, 6.07) is 9.38. The van der Waals surface area contributed by atoms with Crippen molar-refractivity contribution in [3.63, 3.8) is 0 Å². The highest BCUT2D eigenvalue weighted by Gasteiger charge is 2.32. The first kappa shape index (κ1) is 26.6. The van der Waals surface area contributed by atoms with Crippen LogP contribution in [0.15, 0.2) is 46.2 Å². The number of carbonyl (C=O) groups is 2. The summed E-state index contributed by atoms with van der Waals surface area (Å²) < 4.78 is 7.98. The number of aryl methyl sites for hydroxylation is 3. The second kappa shape index (κ2) is 11.3. The van der Waals surface area contributed by atoms with E-state index in [-0.39, 0.29) is 29.3 Å². The van der Waals surface area contributed by atoms with Gasteiger partial charge in [-0.1, -0.05) is 42.5 Å². The zero-order valence-corrected chi connectivity index (χ0v) is 22.4. The third-order valence-electron chi connectivity index (χ3n) is 5.88. The van der Waals surface area contributed by atoms with Crippen LogP contribution in [0.4, 0.5) is 0 Å². The molecule has 1 aromatic carbocycles. The van der Waals surface area contributed by atoms with E-state index in [4.69, 9.17) is 22.1 Å². The Morgan fingerprint density at radius 2 is 1.86 bits per heavy atom. The van der Waals surface area contributed by atoms with Gasteiger partial charge in [-0.05, 0) is 74.6 Å². The van der Waals surface area contributed by atoms with Crippen molar-refractivity contribution in [3.05, 3.63) is 74.0 Å². The number of carbonyl (C=O) groups excluding carboxylic acids is 1. The Morgan fingerprint density at radius 3 is 2.57 bits per heavy atom. The largest absolute Gasteiger partial charge is 0.481 e. The first-order valence-electron chi connectivity index (χ1n) is 11.9. The van der Waals surface area contributed by atoms with Gasteiger partial charge in [-0.15, -0.1) is 0 Å². The van der Waals surface area contributed by atoms with E-state index in [0.717, 1.165) is 28.5 Å². The molecule has 1 fully saturated rings. The van der Waals surface area contributed by atoms with Crippen LogP contribution in [0, 0.1) is 20.8 Å². The standard InChI is InChI=1S/C27H27N3O5S2/c1-16-12-17(2)14-19(13-16)35-24-20(25(33)29-11-7-8-18(3)23(29)28-24)15-21-26(34)30(27(36)37-21)10-6-4-5-9-22(31)32/h7-8,11-15H,4-6,9-10H2,1-3H3,(H,31,32)/b21-15+. The minimum atomic E-state index is -0.835. The summed E-state index contributed by atoms with van der Waals surface area (Å²) in [6.07, 6.45) is 5.08. The predicted molar refractivity (Wildman–Crippen MR) is 148 cm³/mol. The van der Waals surface area contributed by atoms with Crippen molar-refractivity contribution in [3.8, 4) is 11.6 Å². The Labute approximate surface area is 224 Å². The van der Waals surface area contributed by atoms with Gasteiger partial charge in [0.1, 0.15) is 21.3 Å². The SMILES string of the molecule is Cc1cc(C)cc(Oc2nc3c(C)cccn3c(=O)c2/C=C2/SC(=S)N(CCCCCC(=O)O)C2=O)c1. The number of unbranched alkanes of at least 4 members (excludes halogenated alkanes) is 2. The molecule has 0 bridgehead atoms. The van der Waals surface area contributed by atoms with E-state index in [1.807, 2.05) is 45.0 Å². The number of hydrogen-bond donors (Lipinski definition) is 1. The molecule has 1 amide bonds. The van der Waals surface area contributed by atoms with Gasteiger partial charge in [-0.2, -0.15) is 4.98 Å². The number of rotatable bonds is 9. The van der Waals surface area contributed by atoms with Crippen LogP contribution in [0.3, 0.4) is 0 Å². The van der Waals surface area contributed by atoms with Crippen LogP contribution >= 0.6 is 24.0 Å². The molecule has 0 atom stereocenters. The molecule has 3 aromatic rings.